The highest BCUT2D eigenvalue weighted by Gasteiger charge is 2.36. The Hall–Kier alpha value is -1.36. The Morgan fingerprint density at radius 3 is 1.95 bits per heavy atom. The van der Waals surface area contributed by atoms with E-state index >= 15 is 0 Å². The van der Waals surface area contributed by atoms with Crippen molar-refractivity contribution in [2.75, 3.05) is 6.61 Å². The number of hydrogen-bond acceptors (Lipinski definition) is 5. The van der Waals surface area contributed by atoms with Gasteiger partial charge in [0.05, 0.1) is 18.1 Å². The van der Waals surface area contributed by atoms with Gasteiger partial charge < -0.3 is 14.2 Å². The summed E-state index contributed by atoms with van der Waals surface area (Å²) in [6.45, 7) is 12.7. The van der Waals surface area contributed by atoms with Crippen LogP contribution in [0.25, 0.3) is 0 Å². The highest BCUT2D eigenvalue weighted by molar-refractivity contribution is 5.84. The van der Waals surface area contributed by atoms with Gasteiger partial charge in [0.15, 0.2) is 6.10 Å². The maximum Gasteiger partial charge on any atom is 0.336 e. The molecule has 0 amide bonds. The summed E-state index contributed by atoms with van der Waals surface area (Å²) in [4.78, 5) is 24.2. The Balaban J connectivity index is 5.06. The third-order valence-corrected chi connectivity index (χ3v) is 2.37. The first-order valence-electron chi connectivity index (χ1n) is 6.96. The number of carbonyl (C=O) groups excluding carboxylic acids is 2. The van der Waals surface area contributed by atoms with Crippen LogP contribution in [0.5, 0.6) is 0 Å². The van der Waals surface area contributed by atoms with Crippen molar-refractivity contribution in [1.82, 2.24) is 0 Å². The van der Waals surface area contributed by atoms with Gasteiger partial charge in [0, 0.05) is 6.61 Å². The molecule has 0 fully saturated rings. The van der Waals surface area contributed by atoms with Crippen molar-refractivity contribution >= 4 is 11.9 Å². The third kappa shape index (κ3) is 6.70. The molecule has 0 aromatic rings. The van der Waals surface area contributed by atoms with Crippen LogP contribution < -0.4 is 0 Å². The lowest BCUT2D eigenvalue weighted by atomic mass is 9.98. The van der Waals surface area contributed by atoms with Crippen molar-refractivity contribution in [3.8, 4) is 0 Å². The summed E-state index contributed by atoms with van der Waals surface area (Å²) in [6.07, 6.45) is 0.380. The van der Waals surface area contributed by atoms with Gasteiger partial charge in [-0.05, 0) is 41.0 Å². The number of hydrogen-bond donors (Lipinski definition) is 0. The molecule has 0 N–H and O–H groups in total. The highest BCUT2D eigenvalue weighted by Crippen LogP contribution is 2.18. The molecule has 0 aliphatic rings. The van der Waals surface area contributed by atoms with E-state index in [9.17, 15) is 9.59 Å². The van der Waals surface area contributed by atoms with Gasteiger partial charge >= 0.3 is 11.9 Å². The van der Waals surface area contributed by atoms with Gasteiger partial charge in [-0.2, -0.15) is 0 Å². The van der Waals surface area contributed by atoms with E-state index in [1.54, 1.807) is 40.7 Å². The molecule has 0 spiro atoms. The Kier molecular flexibility index (Phi) is 8.88. The van der Waals surface area contributed by atoms with Crippen molar-refractivity contribution in [3.63, 3.8) is 0 Å². The second-order valence-electron chi connectivity index (χ2n) is 4.98. The lowest BCUT2D eigenvalue weighted by molar-refractivity contribution is -0.174. The largest absolute Gasteiger partial charge is 0.463 e. The minimum atomic E-state index is -0.966. The van der Waals surface area contributed by atoms with Gasteiger partial charge in [-0.3, -0.25) is 4.79 Å². The van der Waals surface area contributed by atoms with Gasteiger partial charge in [-0.1, -0.05) is 6.08 Å². The molecule has 0 unspecified atom stereocenters. The average Bonchev–Trinajstić information content (AvgIpc) is 2.31. The van der Waals surface area contributed by atoms with Crippen LogP contribution in [0.1, 0.15) is 41.0 Å². The Labute approximate surface area is 121 Å². The third-order valence-electron chi connectivity index (χ3n) is 2.37. The molecule has 5 nitrogen and oxygen atoms in total. The lowest BCUT2D eigenvalue weighted by Crippen LogP contribution is -2.40. The Bertz CT molecular complexity index is 322. The van der Waals surface area contributed by atoms with Gasteiger partial charge in [0.25, 0.3) is 0 Å². The van der Waals surface area contributed by atoms with Crippen molar-refractivity contribution < 1.29 is 23.8 Å². The molecule has 0 heterocycles. The summed E-state index contributed by atoms with van der Waals surface area (Å²) < 4.78 is 15.7. The van der Waals surface area contributed by atoms with Gasteiger partial charge in [-0.25, -0.2) is 4.79 Å². The first kappa shape index (κ1) is 18.6. The summed E-state index contributed by atoms with van der Waals surface area (Å²) >= 11 is 0. The van der Waals surface area contributed by atoms with Crippen molar-refractivity contribution in [2.45, 2.75) is 59.4 Å². The zero-order valence-electron chi connectivity index (χ0n) is 13.0. The van der Waals surface area contributed by atoms with E-state index in [2.05, 4.69) is 6.58 Å². The minimum absolute atomic E-state index is 0.252. The molecule has 0 saturated carbocycles. The first-order valence-corrected chi connectivity index (χ1v) is 6.96. The Morgan fingerprint density at radius 1 is 1.05 bits per heavy atom. The van der Waals surface area contributed by atoms with Crippen LogP contribution in [-0.4, -0.2) is 36.9 Å². The summed E-state index contributed by atoms with van der Waals surface area (Å²) in [6, 6.07) is 0. The lowest BCUT2D eigenvalue weighted by Gasteiger charge is -2.25. The fourth-order valence-electron chi connectivity index (χ4n) is 1.67. The van der Waals surface area contributed by atoms with E-state index in [-0.39, 0.29) is 12.2 Å². The highest BCUT2D eigenvalue weighted by atomic mass is 16.6. The second-order valence-corrected chi connectivity index (χ2v) is 4.98. The predicted octanol–water partition coefficient (Wildman–Crippen LogP) is 2.49. The maximum absolute atomic E-state index is 12.1. The summed E-state index contributed by atoms with van der Waals surface area (Å²) in [7, 11) is 0. The zero-order valence-corrected chi connectivity index (χ0v) is 13.0. The number of carbonyl (C=O) groups is 2. The monoisotopic (exact) mass is 286 g/mol. The van der Waals surface area contributed by atoms with E-state index < -0.39 is 24.0 Å². The van der Waals surface area contributed by atoms with E-state index in [0.29, 0.717) is 13.0 Å². The molecule has 5 heteroatoms. The topological polar surface area (TPSA) is 61.8 Å². The first-order chi connectivity index (χ1) is 9.33. The second kappa shape index (κ2) is 9.53. The quantitative estimate of drug-likeness (QED) is 0.481. The molecule has 0 aromatic heterocycles. The van der Waals surface area contributed by atoms with Crippen LogP contribution in [0.15, 0.2) is 12.7 Å². The summed E-state index contributed by atoms with van der Waals surface area (Å²) in [5.41, 5.74) is 0. The van der Waals surface area contributed by atoms with Crippen LogP contribution >= 0.6 is 0 Å². The van der Waals surface area contributed by atoms with Crippen LogP contribution in [-0.2, 0) is 23.8 Å². The SMILES string of the molecule is C=CC[C@@H](C(=O)OC(C)C)[C@H](OCC)C(=O)OC(C)C. The number of allylic oxidation sites excluding steroid dienone is 1. The molecule has 116 valence electrons. The van der Waals surface area contributed by atoms with E-state index in [1.165, 1.54) is 0 Å². The van der Waals surface area contributed by atoms with Gasteiger partial charge in [0.2, 0.25) is 0 Å². The van der Waals surface area contributed by atoms with E-state index in [1.807, 2.05) is 0 Å². The molecule has 0 aliphatic carbocycles. The molecule has 0 saturated heterocycles. The normalized spacial score (nSPS) is 13.9. The molecule has 2 atom stereocenters. The van der Waals surface area contributed by atoms with Crippen LogP contribution in [0.4, 0.5) is 0 Å². The fourth-order valence-corrected chi connectivity index (χ4v) is 1.67. The summed E-state index contributed by atoms with van der Waals surface area (Å²) in [5.74, 6) is -1.76. The van der Waals surface area contributed by atoms with Crippen molar-refractivity contribution in [3.05, 3.63) is 12.7 Å². The number of ether oxygens (including phenoxy) is 3. The molecule has 0 aliphatic heterocycles. The smallest absolute Gasteiger partial charge is 0.336 e. The molecule has 0 radical (unpaired) electrons. The molecule has 20 heavy (non-hydrogen) atoms. The Morgan fingerprint density at radius 2 is 1.55 bits per heavy atom. The average molecular weight is 286 g/mol. The fraction of sp³-hybridized carbons (Fsp3) is 0.733. The molecule has 0 bridgehead atoms. The minimum Gasteiger partial charge on any atom is -0.463 e. The van der Waals surface area contributed by atoms with Crippen LogP contribution in [0.2, 0.25) is 0 Å². The standard InChI is InChI=1S/C15H26O5/c1-7-9-12(14(16)19-10(3)4)13(18-8-2)15(17)20-11(5)6/h7,10-13H,1,8-9H2,2-6H3/t12-,13+/m1/s1. The van der Waals surface area contributed by atoms with Gasteiger partial charge in [0.1, 0.15) is 0 Å². The van der Waals surface area contributed by atoms with E-state index in [0.717, 1.165) is 0 Å². The summed E-state index contributed by atoms with van der Waals surface area (Å²) in [5, 5.41) is 0. The van der Waals surface area contributed by atoms with Crippen molar-refractivity contribution in [1.29, 1.82) is 0 Å². The van der Waals surface area contributed by atoms with E-state index in [4.69, 9.17) is 14.2 Å². The molecular weight excluding hydrogens is 260 g/mol. The van der Waals surface area contributed by atoms with Crippen molar-refractivity contribution in [2.24, 2.45) is 5.92 Å². The predicted molar refractivity (Wildman–Crippen MR) is 76.2 cm³/mol. The van der Waals surface area contributed by atoms with Crippen LogP contribution in [0.3, 0.4) is 0 Å². The molecule has 0 rings (SSSR count). The number of esters is 2. The molecule has 0 aromatic carbocycles. The van der Waals surface area contributed by atoms with Gasteiger partial charge in [-0.15, -0.1) is 6.58 Å². The maximum atomic E-state index is 12.1. The molecular formula is C15H26O5. The van der Waals surface area contributed by atoms with Crippen LogP contribution in [0, 0.1) is 5.92 Å². The zero-order chi connectivity index (χ0) is 15.7. The number of rotatable bonds is 9.